The van der Waals surface area contributed by atoms with Gasteiger partial charge in [-0.1, -0.05) is 25.5 Å². The number of hydrogen-bond acceptors (Lipinski definition) is 2. The van der Waals surface area contributed by atoms with E-state index in [1.807, 2.05) is 0 Å². The first-order valence-electron chi connectivity index (χ1n) is 7.29. The van der Waals surface area contributed by atoms with Gasteiger partial charge in [0.1, 0.15) is 5.75 Å². The quantitative estimate of drug-likeness (QED) is 0.733. The van der Waals surface area contributed by atoms with Gasteiger partial charge in [-0.15, -0.1) is 13.2 Å². The predicted octanol–water partition coefficient (Wildman–Crippen LogP) is 4.98. The summed E-state index contributed by atoms with van der Waals surface area (Å²) < 4.78 is 40.5. The number of hydrogen-bond donors (Lipinski definition) is 0. The molecule has 0 spiro atoms. The van der Waals surface area contributed by atoms with E-state index >= 15 is 0 Å². The van der Waals surface area contributed by atoms with Crippen LogP contribution in [-0.2, 0) is 0 Å². The molecule has 1 saturated carbocycles. The van der Waals surface area contributed by atoms with Gasteiger partial charge < -0.3 is 4.74 Å². The normalized spacial score (nSPS) is 22.9. The number of ketones is 1. The van der Waals surface area contributed by atoms with Crippen LogP contribution in [0.4, 0.5) is 13.2 Å². The predicted molar refractivity (Wildman–Crippen MR) is 73.2 cm³/mol. The highest BCUT2D eigenvalue weighted by molar-refractivity contribution is 5.98. The molecule has 1 aliphatic rings. The van der Waals surface area contributed by atoms with E-state index < -0.39 is 6.36 Å². The maximum absolute atomic E-state index is 12.4. The minimum Gasteiger partial charge on any atom is -0.406 e. The Hall–Kier alpha value is -1.52. The molecule has 1 aliphatic carbocycles. The van der Waals surface area contributed by atoms with Crippen molar-refractivity contribution in [3.8, 4) is 5.75 Å². The second-order valence-corrected chi connectivity index (χ2v) is 5.57. The summed E-state index contributed by atoms with van der Waals surface area (Å²) in [7, 11) is 0. The van der Waals surface area contributed by atoms with E-state index in [0.29, 0.717) is 11.5 Å². The Bertz CT molecular complexity index is 489. The molecule has 0 bridgehead atoms. The Morgan fingerprint density at radius 3 is 2.48 bits per heavy atom. The van der Waals surface area contributed by atoms with Crippen LogP contribution in [0, 0.1) is 11.8 Å². The number of Topliss-reactive ketones (excluding diaryl/α,β-unsaturated/α-hetero) is 1. The number of benzene rings is 1. The number of alkyl halides is 3. The van der Waals surface area contributed by atoms with Crippen molar-refractivity contribution in [2.75, 3.05) is 0 Å². The maximum atomic E-state index is 12.4. The first-order valence-corrected chi connectivity index (χ1v) is 7.29. The molecule has 0 aromatic heterocycles. The molecule has 0 radical (unpaired) electrons. The van der Waals surface area contributed by atoms with Crippen molar-refractivity contribution in [2.45, 2.75) is 45.4 Å². The molecule has 21 heavy (non-hydrogen) atoms. The highest BCUT2D eigenvalue weighted by atomic mass is 19.4. The molecule has 0 heterocycles. The van der Waals surface area contributed by atoms with Crippen molar-refractivity contribution in [1.29, 1.82) is 0 Å². The minimum atomic E-state index is -4.74. The van der Waals surface area contributed by atoms with Crippen LogP contribution in [0.15, 0.2) is 24.3 Å². The van der Waals surface area contributed by atoms with Crippen molar-refractivity contribution in [1.82, 2.24) is 0 Å². The summed E-state index contributed by atoms with van der Waals surface area (Å²) in [5, 5.41) is 0. The van der Waals surface area contributed by atoms with Crippen molar-refractivity contribution in [2.24, 2.45) is 11.8 Å². The van der Waals surface area contributed by atoms with E-state index in [9.17, 15) is 18.0 Å². The van der Waals surface area contributed by atoms with E-state index in [4.69, 9.17) is 0 Å². The van der Waals surface area contributed by atoms with Gasteiger partial charge in [0.15, 0.2) is 5.78 Å². The Morgan fingerprint density at radius 1 is 1.24 bits per heavy atom. The Balaban J connectivity index is 2.04. The topological polar surface area (TPSA) is 26.3 Å². The highest BCUT2D eigenvalue weighted by Crippen LogP contribution is 2.33. The van der Waals surface area contributed by atoms with Gasteiger partial charge >= 0.3 is 6.36 Å². The monoisotopic (exact) mass is 300 g/mol. The van der Waals surface area contributed by atoms with Gasteiger partial charge in [-0.05, 0) is 43.7 Å². The fraction of sp³-hybridized carbons (Fsp3) is 0.562. The molecule has 1 aromatic carbocycles. The molecular formula is C16H19F3O2. The van der Waals surface area contributed by atoms with Gasteiger partial charge in [-0.2, -0.15) is 0 Å². The van der Waals surface area contributed by atoms with Crippen LogP contribution in [0.2, 0.25) is 0 Å². The maximum Gasteiger partial charge on any atom is 0.573 e. The van der Waals surface area contributed by atoms with Crippen LogP contribution in [0.5, 0.6) is 5.75 Å². The molecule has 1 aromatic rings. The Labute approximate surface area is 122 Å². The third-order valence-corrected chi connectivity index (χ3v) is 4.15. The SMILES string of the molecule is CCC1CCC(C(=O)c2cccc(OC(F)(F)F)c2)CC1. The standard InChI is InChI=1S/C16H19F3O2/c1-2-11-6-8-12(9-7-11)15(20)13-4-3-5-14(10-13)21-16(17,18)19/h3-5,10-12H,2,6-9H2,1H3. The molecule has 0 N–H and O–H groups in total. The summed E-state index contributed by atoms with van der Waals surface area (Å²) in [4.78, 5) is 12.4. The smallest absolute Gasteiger partial charge is 0.406 e. The van der Waals surface area contributed by atoms with Gasteiger partial charge in [0.05, 0.1) is 0 Å². The average molecular weight is 300 g/mol. The molecule has 0 saturated heterocycles. The van der Waals surface area contributed by atoms with Gasteiger partial charge in [-0.25, -0.2) is 0 Å². The molecule has 2 nitrogen and oxygen atoms in total. The lowest BCUT2D eigenvalue weighted by molar-refractivity contribution is -0.274. The summed E-state index contributed by atoms with van der Waals surface area (Å²) in [6, 6.07) is 5.36. The number of ether oxygens (including phenoxy) is 1. The number of rotatable bonds is 4. The van der Waals surface area contributed by atoms with E-state index in [-0.39, 0.29) is 17.5 Å². The zero-order valence-electron chi connectivity index (χ0n) is 12.0. The van der Waals surface area contributed by atoms with E-state index in [0.717, 1.165) is 32.1 Å². The van der Waals surface area contributed by atoms with E-state index in [1.54, 1.807) is 6.07 Å². The Morgan fingerprint density at radius 2 is 1.90 bits per heavy atom. The molecule has 0 unspecified atom stereocenters. The second-order valence-electron chi connectivity index (χ2n) is 5.57. The fourth-order valence-electron chi connectivity index (χ4n) is 2.92. The molecule has 2 rings (SSSR count). The average Bonchev–Trinajstić information content (AvgIpc) is 2.45. The van der Waals surface area contributed by atoms with Crippen molar-refractivity contribution in [3.63, 3.8) is 0 Å². The van der Waals surface area contributed by atoms with Crippen molar-refractivity contribution in [3.05, 3.63) is 29.8 Å². The summed E-state index contributed by atoms with van der Waals surface area (Å²) in [6.45, 7) is 2.14. The number of halogens is 3. The first-order chi connectivity index (χ1) is 9.89. The second kappa shape index (κ2) is 6.50. The van der Waals surface area contributed by atoms with Crippen molar-refractivity contribution >= 4 is 5.78 Å². The molecule has 0 aliphatic heterocycles. The lowest BCUT2D eigenvalue weighted by Gasteiger charge is -2.26. The number of carbonyl (C=O) groups is 1. The van der Waals surface area contributed by atoms with Crippen LogP contribution >= 0.6 is 0 Å². The lowest BCUT2D eigenvalue weighted by Crippen LogP contribution is -2.22. The van der Waals surface area contributed by atoms with Crippen molar-refractivity contribution < 1.29 is 22.7 Å². The summed E-state index contributed by atoms with van der Waals surface area (Å²) in [6.07, 6.45) is 0.0668. The van der Waals surface area contributed by atoms with Crippen LogP contribution in [0.25, 0.3) is 0 Å². The first kappa shape index (κ1) is 15.9. The molecule has 116 valence electrons. The zero-order valence-corrected chi connectivity index (χ0v) is 12.0. The molecule has 0 atom stereocenters. The minimum absolute atomic E-state index is 0.0721. The fourth-order valence-corrected chi connectivity index (χ4v) is 2.92. The third-order valence-electron chi connectivity index (χ3n) is 4.15. The van der Waals surface area contributed by atoms with Crippen LogP contribution in [0.3, 0.4) is 0 Å². The summed E-state index contributed by atoms with van der Waals surface area (Å²) in [5.74, 6) is 0.190. The summed E-state index contributed by atoms with van der Waals surface area (Å²) in [5.41, 5.74) is 0.302. The molecule has 0 amide bonds. The van der Waals surface area contributed by atoms with E-state index in [1.165, 1.54) is 18.2 Å². The zero-order chi connectivity index (χ0) is 15.5. The van der Waals surface area contributed by atoms with Crippen LogP contribution in [0.1, 0.15) is 49.4 Å². The molecule has 5 heteroatoms. The van der Waals surface area contributed by atoms with Crippen LogP contribution < -0.4 is 4.74 Å². The van der Waals surface area contributed by atoms with Crippen LogP contribution in [-0.4, -0.2) is 12.1 Å². The Kier molecular flexibility index (Phi) is 4.91. The van der Waals surface area contributed by atoms with Gasteiger partial charge in [0.25, 0.3) is 0 Å². The van der Waals surface area contributed by atoms with Gasteiger partial charge in [-0.3, -0.25) is 4.79 Å². The third kappa shape index (κ3) is 4.48. The highest BCUT2D eigenvalue weighted by Gasteiger charge is 2.32. The van der Waals surface area contributed by atoms with Gasteiger partial charge in [0, 0.05) is 11.5 Å². The molecular weight excluding hydrogens is 281 g/mol. The van der Waals surface area contributed by atoms with Gasteiger partial charge in [0.2, 0.25) is 0 Å². The lowest BCUT2D eigenvalue weighted by atomic mass is 9.78. The van der Waals surface area contributed by atoms with E-state index in [2.05, 4.69) is 11.7 Å². The summed E-state index contributed by atoms with van der Waals surface area (Å²) >= 11 is 0. The molecule has 1 fully saturated rings. The number of carbonyl (C=O) groups excluding carboxylic acids is 1. The largest absolute Gasteiger partial charge is 0.573 e.